The van der Waals surface area contributed by atoms with E-state index in [4.69, 9.17) is 5.11 Å². The molecule has 0 aromatic carbocycles. The lowest BCUT2D eigenvalue weighted by atomic mass is 11.4. The summed E-state index contributed by atoms with van der Waals surface area (Å²) >= 11 is 0. The first kappa shape index (κ1) is 6.02. The van der Waals surface area contributed by atoms with Crippen LogP contribution in [0.2, 0.25) is 0 Å². The van der Waals surface area contributed by atoms with Crippen LogP contribution in [-0.2, 0) is 9.30 Å². The van der Waals surface area contributed by atoms with Gasteiger partial charge in [-0.2, -0.15) is 0 Å². The standard InChI is InChI=1S/C2H4O3P/c3-1-5-2-6-4/h2-3H,1H2. The lowest BCUT2D eigenvalue weighted by Gasteiger charge is -1.82. The van der Waals surface area contributed by atoms with E-state index in [0.717, 1.165) is 6.35 Å². The van der Waals surface area contributed by atoms with Crippen molar-refractivity contribution in [1.82, 2.24) is 0 Å². The molecule has 35 valence electrons. The van der Waals surface area contributed by atoms with E-state index in [1.54, 1.807) is 0 Å². The Morgan fingerprint density at radius 1 is 2.00 bits per heavy atom. The molecule has 4 heteroatoms. The molecule has 0 fully saturated rings. The number of aliphatic hydroxyl groups is 1. The van der Waals surface area contributed by atoms with E-state index in [1.807, 2.05) is 0 Å². The lowest BCUT2D eigenvalue weighted by molar-refractivity contribution is 0.0490. The van der Waals surface area contributed by atoms with E-state index < -0.39 is 6.79 Å². The second kappa shape index (κ2) is 5.02. The fourth-order valence-corrected chi connectivity index (χ4v) is 0.191. The molecule has 1 radical (unpaired) electrons. The van der Waals surface area contributed by atoms with Gasteiger partial charge >= 0.3 is 0 Å². The molecule has 0 rings (SSSR count). The average molecular weight is 107 g/mol. The Hall–Kier alpha value is 0.0200. The molecule has 0 aliphatic carbocycles. The van der Waals surface area contributed by atoms with Crippen molar-refractivity contribution in [3.05, 3.63) is 6.35 Å². The molecule has 0 saturated heterocycles. The number of hydrogen-bond acceptors (Lipinski definition) is 3. The molecular formula is C2H4O3P. The van der Waals surface area contributed by atoms with Crippen molar-refractivity contribution in [2.45, 2.75) is 0 Å². The highest BCUT2D eigenvalue weighted by molar-refractivity contribution is 7.26. The van der Waals surface area contributed by atoms with E-state index in [-0.39, 0.29) is 8.46 Å². The van der Waals surface area contributed by atoms with Crippen molar-refractivity contribution in [3.8, 4) is 0 Å². The molecule has 0 aromatic rings. The first-order valence-corrected chi connectivity index (χ1v) is 2.16. The third kappa shape index (κ3) is 4.02. The Morgan fingerprint density at radius 3 is 2.83 bits per heavy atom. The molecular weight excluding hydrogens is 103 g/mol. The molecule has 0 aliphatic rings. The molecule has 0 unspecified atom stereocenters. The van der Waals surface area contributed by atoms with Gasteiger partial charge in [0.05, 0.1) is 0 Å². The SMILES string of the molecule is O=P[CH]OCO. The van der Waals surface area contributed by atoms with Crippen LogP contribution < -0.4 is 0 Å². The van der Waals surface area contributed by atoms with Crippen LogP contribution in [0.4, 0.5) is 0 Å². The van der Waals surface area contributed by atoms with Crippen LogP contribution >= 0.6 is 8.46 Å². The molecule has 0 atom stereocenters. The fraction of sp³-hybridized carbons (Fsp3) is 0.500. The van der Waals surface area contributed by atoms with Gasteiger partial charge in [0.15, 0.2) is 14.8 Å². The molecule has 1 N–H and O–H groups in total. The van der Waals surface area contributed by atoms with Gasteiger partial charge in [0.1, 0.15) is 6.79 Å². The minimum atomic E-state index is -0.408. The summed E-state index contributed by atoms with van der Waals surface area (Å²) in [6, 6.07) is 0. The Bertz CT molecular complexity index is 37.8. The molecule has 0 amide bonds. The number of aliphatic hydroxyl groups excluding tert-OH is 1. The van der Waals surface area contributed by atoms with Gasteiger partial charge in [0.2, 0.25) is 0 Å². The highest BCUT2D eigenvalue weighted by Gasteiger charge is 1.76. The largest absolute Gasteiger partial charge is 0.371 e. The van der Waals surface area contributed by atoms with Gasteiger partial charge < -0.3 is 9.84 Å². The van der Waals surface area contributed by atoms with E-state index in [2.05, 4.69) is 4.74 Å². The summed E-state index contributed by atoms with van der Waals surface area (Å²) in [7, 11) is -0.212. The van der Waals surface area contributed by atoms with E-state index in [9.17, 15) is 4.57 Å². The fourth-order valence-electron chi connectivity index (χ4n) is 0.0638. The summed E-state index contributed by atoms with van der Waals surface area (Å²) in [4.78, 5) is 0. The monoisotopic (exact) mass is 107 g/mol. The predicted molar refractivity (Wildman–Crippen MR) is 20.1 cm³/mol. The van der Waals surface area contributed by atoms with E-state index in [1.165, 1.54) is 0 Å². The van der Waals surface area contributed by atoms with Crippen LogP contribution in [-0.4, -0.2) is 11.9 Å². The molecule has 0 aromatic heterocycles. The lowest BCUT2D eigenvalue weighted by Crippen LogP contribution is -1.81. The quantitative estimate of drug-likeness (QED) is 0.322. The van der Waals surface area contributed by atoms with Gasteiger partial charge in [-0.1, -0.05) is 0 Å². The molecule has 0 bridgehead atoms. The summed E-state index contributed by atoms with van der Waals surface area (Å²) in [6.45, 7) is -0.408. The van der Waals surface area contributed by atoms with Crippen molar-refractivity contribution in [3.63, 3.8) is 0 Å². The third-order valence-corrected chi connectivity index (χ3v) is 0.427. The normalized spacial score (nSPS) is 9.50. The van der Waals surface area contributed by atoms with Gasteiger partial charge in [-0.25, -0.2) is 0 Å². The summed E-state index contributed by atoms with van der Waals surface area (Å²) in [5.74, 6) is 0. The van der Waals surface area contributed by atoms with Gasteiger partial charge in [-0.15, -0.1) is 0 Å². The Labute approximate surface area is 37.1 Å². The van der Waals surface area contributed by atoms with Crippen LogP contribution in [0, 0.1) is 6.35 Å². The number of ether oxygens (including phenoxy) is 1. The van der Waals surface area contributed by atoms with Crippen LogP contribution in [0.1, 0.15) is 0 Å². The van der Waals surface area contributed by atoms with E-state index >= 15 is 0 Å². The maximum absolute atomic E-state index is 9.37. The van der Waals surface area contributed by atoms with Gasteiger partial charge in [0, 0.05) is 0 Å². The van der Waals surface area contributed by atoms with Crippen LogP contribution in [0.25, 0.3) is 0 Å². The van der Waals surface area contributed by atoms with Crippen molar-refractivity contribution in [2.24, 2.45) is 0 Å². The van der Waals surface area contributed by atoms with Crippen LogP contribution in [0.15, 0.2) is 0 Å². The van der Waals surface area contributed by atoms with E-state index in [0.29, 0.717) is 0 Å². The van der Waals surface area contributed by atoms with Crippen LogP contribution in [0.3, 0.4) is 0 Å². The Kier molecular flexibility index (Phi) is 5.04. The second-order valence-corrected chi connectivity index (χ2v) is 0.928. The van der Waals surface area contributed by atoms with Crippen LogP contribution in [0.5, 0.6) is 0 Å². The molecule has 6 heavy (non-hydrogen) atoms. The first-order chi connectivity index (χ1) is 2.91. The predicted octanol–water partition coefficient (Wildman–Crippen LogP) is 0.364. The number of hydrogen-bond donors (Lipinski definition) is 1. The maximum Gasteiger partial charge on any atom is 0.191 e. The highest BCUT2D eigenvalue weighted by Crippen LogP contribution is 1.95. The molecule has 0 spiro atoms. The zero-order valence-corrected chi connectivity index (χ0v) is 3.89. The zero-order chi connectivity index (χ0) is 4.83. The van der Waals surface area contributed by atoms with Gasteiger partial charge in [0.25, 0.3) is 0 Å². The average Bonchev–Trinajstić information content (AvgIpc) is 1.61. The smallest absolute Gasteiger partial charge is 0.191 e. The topological polar surface area (TPSA) is 46.5 Å². The van der Waals surface area contributed by atoms with Crippen molar-refractivity contribution >= 4 is 8.46 Å². The molecule has 0 saturated carbocycles. The minimum absolute atomic E-state index is 0.212. The van der Waals surface area contributed by atoms with Crippen molar-refractivity contribution in [1.29, 1.82) is 0 Å². The van der Waals surface area contributed by atoms with Crippen molar-refractivity contribution < 1.29 is 14.4 Å². The summed E-state index contributed by atoms with van der Waals surface area (Å²) < 4.78 is 13.5. The third-order valence-electron chi connectivity index (χ3n) is 0.192. The number of rotatable bonds is 3. The first-order valence-electron chi connectivity index (χ1n) is 1.28. The molecule has 0 heterocycles. The Morgan fingerprint density at radius 2 is 2.67 bits per heavy atom. The Balaban J connectivity index is 2.49. The molecule has 3 nitrogen and oxygen atoms in total. The summed E-state index contributed by atoms with van der Waals surface area (Å²) in [5, 5.41) is 7.80. The van der Waals surface area contributed by atoms with Crippen molar-refractivity contribution in [2.75, 3.05) is 6.79 Å². The maximum atomic E-state index is 9.37. The van der Waals surface area contributed by atoms with Gasteiger partial charge in [-0.05, 0) is 0 Å². The minimum Gasteiger partial charge on any atom is -0.371 e. The summed E-state index contributed by atoms with van der Waals surface area (Å²) in [5.41, 5.74) is 0. The molecule has 0 aliphatic heterocycles. The highest BCUT2D eigenvalue weighted by atomic mass is 31.1. The zero-order valence-electron chi connectivity index (χ0n) is 3.00. The van der Waals surface area contributed by atoms with Gasteiger partial charge in [-0.3, -0.25) is 4.57 Å². The second-order valence-electron chi connectivity index (χ2n) is 0.507. The summed E-state index contributed by atoms with van der Waals surface area (Å²) in [6.07, 6.45) is 0.972.